The number of hydrogen-bond donors (Lipinski definition) is 1. The zero-order valence-electron chi connectivity index (χ0n) is 18.7. The number of rotatable bonds is 7. The number of carbonyl (C=O) groups excluding carboxylic acids is 2. The second-order valence-corrected chi connectivity index (χ2v) is 8.16. The number of carbonyl (C=O) groups is 2. The van der Waals surface area contributed by atoms with Crippen molar-refractivity contribution in [3.8, 4) is 5.75 Å². The zero-order chi connectivity index (χ0) is 22.5. The Morgan fingerprint density at radius 2 is 1.81 bits per heavy atom. The smallest absolute Gasteiger partial charge is 0.263 e. The van der Waals surface area contributed by atoms with Gasteiger partial charge in [-0.25, -0.2) is 5.01 Å². The van der Waals surface area contributed by atoms with Crippen LogP contribution in [0.4, 0.5) is 5.69 Å². The van der Waals surface area contributed by atoms with Crippen LogP contribution in [0.15, 0.2) is 59.7 Å². The molecule has 2 amide bonds. The average molecular weight is 435 g/mol. The van der Waals surface area contributed by atoms with E-state index in [9.17, 15) is 9.59 Å². The zero-order valence-corrected chi connectivity index (χ0v) is 18.7. The molecule has 32 heavy (non-hydrogen) atoms. The van der Waals surface area contributed by atoms with E-state index in [2.05, 4.69) is 24.3 Å². The van der Waals surface area contributed by atoms with Crippen LogP contribution in [0.5, 0.6) is 5.75 Å². The molecule has 2 aliphatic rings. The number of hydrazone groups is 1. The summed E-state index contributed by atoms with van der Waals surface area (Å²) in [5.41, 5.74) is 2.78. The van der Waals surface area contributed by atoms with E-state index in [0.717, 1.165) is 36.2 Å². The molecule has 2 heterocycles. The summed E-state index contributed by atoms with van der Waals surface area (Å²) in [6.07, 6.45) is 1.80. The lowest BCUT2D eigenvalue weighted by molar-refractivity contribution is -0.131. The Balaban J connectivity index is 1.48. The van der Waals surface area contributed by atoms with E-state index in [4.69, 9.17) is 4.74 Å². The van der Waals surface area contributed by atoms with Gasteiger partial charge < -0.3 is 15.0 Å². The summed E-state index contributed by atoms with van der Waals surface area (Å²) in [4.78, 5) is 27.9. The molecule has 1 unspecified atom stereocenters. The molecular weight excluding hydrogens is 404 g/mol. The Morgan fingerprint density at radius 3 is 2.56 bits per heavy atom. The second kappa shape index (κ2) is 9.85. The van der Waals surface area contributed by atoms with Gasteiger partial charge in [-0.15, -0.1) is 0 Å². The van der Waals surface area contributed by atoms with Gasteiger partial charge in [-0.05, 0) is 30.5 Å². The van der Waals surface area contributed by atoms with Crippen molar-refractivity contribution in [3.63, 3.8) is 0 Å². The highest BCUT2D eigenvalue weighted by molar-refractivity contribution is 6.02. The highest BCUT2D eigenvalue weighted by Crippen LogP contribution is 2.33. The monoisotopic (exact) mass is 434 g/mol. The van der Waals surface area contributed by atoms with Gasteiger partial charge in [0, 0.05) is 12.5 Å². The number of para-hydroxylation sites is 2. The highest BCUT2D eigenvalue weighted by atomic mass is 16.5. The molecule has 2 aromatic rings. The van der Waals surface area contributed by atoms with Crippen LogP contribution in [0.2, 0.25) is 0 Å². The van der Waals surface area contributed by atoms with Crippen molar-refractivity contribution in [1.82, 2.24) is 10.3 Å². The van der Waals surface area contributed by atoms with Gasteiger partial charge >= 0.3 is 0 Å². The Morgan fingerprint density at radius 1 is 1.09 bits per heavy atom. The van der Waals surface area contributed by atoms with Crippen LogP contribution in [0.1, 0.15) is 38.7 Å². The Bertz CT molecular complexity index is 988. The van der Waals surface area contributed by atoms with E-state index < -0.39 is 6.10 Å². The molecular formula is C25H30N4O3. The van der Waals surface area contributed by atoms with Gasteiger partial charge in [-0.3, -0.25) is 9.59 Å². The second-order valence-electron chi connectivity index (χ2n) is 8.16. The average Bonchev–Trinajstić information content (AvgIpc) is 3.33. The Labute approximate surface area is 189 Å². The SMILES string of the molecule is CCC(CC)NC(=O)C1CN(CC(=O)N2CCC(c3ccccc3)=N2)c2ccccc2O1. The lowest BCUT2D eigenvalue weighted by Crippen LogP contribution is -2.52. The molecule has 7 nitrogen and oxygen atoms in total. The molecule has 0 radical (unpaired) electrons. The van der Waals surface area contributed by atoms with E-state index in [-0.39, 0.29) is 24.4 Å². The maximum Gasteiger partial charge on any atom is 0.263 e. The van der Waals surface area contributed by atoms with E-state index in [1.165, 1.54) is 0 Å². The number of ether oxygens (including phenoxy) is 1. The number of fused-ring (bicyclic) bond motifs is 1. The van der Waals surface area contributed by atoms with Gasteiger partial charge in [0.15, 0.2) is 6.10 Å². The first kappa shape index (κ1) is 21.9. The van der Waals surface area contributed by atoms with Crippen LogP contribution < -0.4 is 15.0 Å². The van der Waals surface area contributed by atoms with E-state index >= 15 is 0 Å². The van der Waals surface area contributed by atoms with Gasteiger partial charge in [-0.1, -0.05) is 56.3 Å². The molecule has 0 bridgehead atoms. The molecule has 0 aliphatic carbocycles. The molecule has 0 saturated carbocycles. The Kier molecular flexibility index (Phi) is 6.73. The van der Waals surface area contributed by atoms with Crippen LogP contribution in [0, 0.1) is 0 Å². The summed E-state index contributed by atoms with van der Waals surface area (Å²) in [5.74, 6) is 0.383. The summed E-state index contributed by atoms with van der Waals surface area (Å²) in [7, 11) is 0. The van der Waals surface area contributed by atoms with E-state index in [1.54, 1.807) is 5.01 Å². The van der Waals surface area contributed by atoms with Crippen molar-refractivity contribution in [2.24, 2.45) is 5.10 Å². The van der Waals surface area contributed by atoms with E-state index in [1.807, 2.05) is 59.5 Å². The van der Waals surface area contributed by atoms with Crippen LogP contribution in [0.25, 0.3) is 0 Å². The molecule has 0 spiro atoms. The molecule has 168 valence electrons. The highest BCUT2D eigenvalue weighted by Gasteiger charge is 2.33. The molecule has 4 rings (SSSR count). The normalized spacial score (nSPS) is 17.6. The number of anilines is 1. The fourth-order valence-electron chi connectivity index (χ4n) is 4.10. The first-order valence-corrected chi connectivity index (χ1v) is 11.3. The molecule has 2 aromatic carbocycles. The van der Waals surface area contributed by atoms with Crippen molar-refractivity contribution >= 4 is 23.2 Å². The third kappa shape index (κ3) is 4.77. The molecule has 0 saturated heterocycles. The summed E-state index contributed by atoms with van der Waals surface area (Å²) in [6, 6.07) is 17.6. The topological polar surface area (TPSA) is 74.2 Å². The number of nitrogens with one attached hydrogen (secondary N) is 1. The maximum absolute atomic E-state index is 13.1. The minimum atomic E-state index is -0.666. The van der Waals surface area contributed by atoms with Crippen molar-refractivity contribution in [2.45, 2.75) is 45.3 Å². The summed E-state index contributed by atoms with van der Waals surface area (Å²) >= 11 is 0. The number of hydrogen-bond acceptors (Lipinski definition) is 5. The minimum Gasteiger partial charge on any atom is -0.477 e. The van der Waals surface area contributed by atoms with Crippen LogP contribution in [-0.4, -0.2) is 54.3 Å². The van der Waals surface area contributed by atoms with Crippen molar-refractivity contribution < 1.29 is 14.3 Å². The molecule has 1 atom stereocenters. The van der Waals surface area contributed by atoms with Crippen molar-refractivity contribution in [1.29, 1.82) is 0 Å². The fourth-order valence-corrected chi connectivity index (χ4v) is 4.10. The predicted octanol–water partition coefficient (Wildman–Crippen LogP) is 3.20. The van der Waals surface area contributed by atoms with Crippen molar-refractivity contribution in [3.05, 3.63) is 60.2 Å². The fraction of sp³-hybridized carbons (Fsp3) is 0.400. The predicted molar refractivity (Wildman–Crippen MR) is 125 cm³/mol. The molecule has 2 aliphatic heterocycles. The van der Waals surface area contributed by atoms with Gasteiger partial charge in [0.1, 0.15) is 5.75 Å². The maximum atomic E-state index is 13.1. The first-order chi connectivity index (χ1) is 15.6. The lowest BCUT2D eigenvalue weighted by Gasteiger charge is -2.36. The molecule has 0 fully saturated rings. The summed E-state index contributed by atoms with van der Waals surface area (Å²) < 4.78 is 5.99. The Hall–Kier alpha value is -3.35. The van der Waals surface area contributed by atoms with Gasteiger partial charge in [0.05, 0.1) is 31.0 Å². The first-order valence-electron chi connectivity index (χ1n) is 11.3. The van der Waals surface area contributed by atoms with Crippen LogP contribution in [0.3, 0.4) is 0 Å². The van der Waals surface area contributed by atoms with Crippen LogP contribution in [-0.2, 0) is 9.59 Å². The van der Waals surface area contributed by atoms with Crippen molar-refractivity contribution in [2.75, 3.05) is 24.5 Å². The van der Waals surface area contributed by atoms with Gasteiger partial charge in [-0.2, -0.15) is 5.10 Å². The lowest BCUT2D eigenvalue weighted by atomic mass is 10.1. The summed E-state index contributed by atoms with van der Waals surface area (Å²) in [6.45, 7) is 5.12. The summed E-state index contributed by atoms with van der Waals surface area (Å²) in [5, 5.41) is 9.16. The minimum absolute atomic E-state index is 0.0909. The largest absolute Gasteiger partial charge is 0.477 e. The van der Waals surface area contributed by atoms with Gasteiger partial charge in [0.25, 0.3) is 11.8 Å². The molecule has 7 heteroatoms. The third-order valence-electron chi connectivity index (χ3n) is 6.01. The van der Waals surface area contributed by atoms with E-state index in [0.29, 0.717) is 18.8 Å². The molecule has 0 aromatic heterocycles. The number of nitrogens with zero attached hydrogens (tertiary/aromatic N) is 3. The number of benzene rings is 2. The quantitative estimate of drug-likeness (QED) is 0.726. The molecule has 1 N–H and O–H groups in total. The standard InChI is InChI=1S/C25H30N4O3/c1-3-19(4-2)26-25(31)23-16-28(21-12-8-9-13-22(21)32-23)17-24(30)29-15-14-20(27-29)18-10-6-5-7-11-18/h5-13,19,23H,3-4,14-17H2,1-2H3,(H,26,31). The van der Waals surface area contributed by atoms with Crippen LogP contribution >= 0.6 is 0 Å². The van der Waals surface area contributed by atoms with Gasteiger partial charge in [0.2, 0.25) is 0 Å². The third-order valence-corrected chi connectivity index (χ3v) is 6.01. The number of amides is 2.